The third-order valence-electron chi connectivity index (χ3n) is 1.09. The summed E-state index contributed by atoms with van der Waals surface area (Å²) in [6.45, 7) is 0. The molecule has 0 saturated heterocycles. The van der Waals surface area contributed by atoms with Gasteiger partial charge in [0.2, 0.25) is 0 Å². The molecule has 0 spiro atoms. The van der Waals surface area contributed by atoms with Gasteiger partial charge in [-0.2, -0.15) is 0 Å². The van der Waals surface area contributed by atoms with Crippen molar-refractivity contribution < 1.29 is 0 Å². The third-order valence-corrected chi connectivity index (χ3v) is 2.97. The highest BCUT2D eigenvalue weighted by Crippen LogP contribution is 2.31. The van der Waals surface area contributed by atoms with Crippen molar-refractivity contribution in [2.75, 3.05) is 0 Å². The molecule has 0 bridgehead atoms. The van der Waals surface area contributed by atoms with Gasteiger partial charge in [0, 0.05) is 14.7 Å². The Morgan fingerprint density at radius 2 is 1.73 bits per heavy atom. The maximum atomic E-state index is 5.73. The number of hydrogen-bond donors (Lipinski definition) is 0. The molecule has 0 heterocycles. The molecule has 1 aromatic carbocycles. The van der Waals surface area contributed by atoms with Crippen LogP contribution >= 0.6 is 41.8 Å². The van der Waals surface area contributed by atoms with Crippen molar-refractivity contribution in [2.24, 2.45) is 0 Å². The first-order chi connectivity index (χ1) is 5.18. The van der Waals surface area contributed by atoms with Crippen molar-refractivity contribution in [3.8, 4) is 0 Å². The molecule has 11 heavy (non-hydrogen) atoms. The lowest BCUT2D eigenvalue weighted by atomic mass is 10.4. The number of rotatable bonds is 2. The van der Waals surface area contributed by atoms with Crippen molar-refractivity contribution >= 4 is 41.8 Å². The average Bonchev–Trinajstić information content (AvgIpc) is 1.93. The number of thioether (sulfide) groups is 1. The summed E-state index contributed by atoms with van der Waals surface area (Å²) in [5, 5.41) is 0.790. The quantitative estimate of drug-likeness (QED) is 0.546. The van der Waals surface area contributed by atoms with Crippen LogP contribution in [0, 0.1) is 0 Å². The lowest BCUT2D eigenvalue weighted by Gasteiger charge is -2.03. The summed E-state index contributed by atoms with van der Waals surface area (Å²) in [7, 11) is 5.42. The fraction of sp³-hybridized carbons (Fsp3) is 0.143. The third kappa shape index (κ3) is 3.76. The van der Waals surface area contributed by atoms with Crippen LogP contribution in [-0.2, 0) is 0 Å². The van der Waals surface area contributed by atoms with Gasteiger partial charge in [0.05, 0.1) is 0 Å². The van der Waals surface area contributed by atoms with Gasteiger partial charge in [0.15, 0.2) is 0 Å². The van der Waals surface area contributed by atoms with Crippen LogP contribution in [-0.4, -0.2) is 4.73 Å². The van der Waals surface area contributed by atoms with Gasteiger partial charge >= 0.3 is 0 Å². The zero-order chi connectivity index (χ0) is 8.27. The molecule has 4 heteroatoms. The Labute approximate surface area is 80.9 Å². The summed E-state index contributed by atoms with van der Waals surface area (Å²) in [6, 6.07) is 7.85. The highest BCUT2D eigenvalue weighted by molar-refractivity contribution is 8.07. The van der Waals surface area contributed by atoms with Crippen LogP contribution in [0.4, 0.5) is 0 Å². The van der Waals surface area contributed by atoms with Gasteiger partial charge in [-0.25, -0.2) is 0 Å². The molecule has 0 fully saturated rings. The van der Waals surface area contributed by atoms with Crippen LogP contribution < -0.4 is 0 Å². The Morgan fingerprint density at radius 1 is 1.18 bits per heavy atom. The number of halogens is 1. The zero-order valence-electron chi connectivity index (χ0n) is 5.83. The molecule has 0 aliphatic rings. The second kappa shape index (κ2) is 4.67. The van der Waals surface area contributed by atoms with Crippen molar-refractivity contribution in [3.05, 3.63) is 29.3 Å². The number of hydrogen-bond acceptors (Lipinski definition) is 1. The average molecular weight is 223 g/mol. The van der Waals surface area contributed by atoms with Crippen molar-refractivity contribution in [2.45, 2.75) is 9.63 Å². The first-order valence-corrected chi connectivity index (χ1v) is 5.71. The summed E-state index contributed by atoms with van der Waals surface area (Å²) in [4.78, 5) is 1.24. The Balaban J connectivity index is 2.66. The van der Waals surface area contributed by atoms with E-state index in [9.17, 15) is 0 Å². The molecular formula is C7H9ClP2S. The largest absolute Gasteiger partial charge is 0.119 e. The molecule has 60 valence electrons. The van der Waals surface area contributed by atoms with E-state index in [0.29, 0.717) is 4.73 Å². The monoisotopic (exact) mass is 222 g/mol. The first kappa shape index (κ1) is 9.81. The SMILES string of the molecule is PC(P)Sc1ccc(Cl)cc1. The Hall–Kier alpha value is 0.720. The summed E-state index contributed by atoms with van der Waals surface area (Å²) < 4.78 is 0.469. The van der Waals surface area contributed by atoms with Crippen molar-refractivity contribution in [1.29, 1.82) is 0 Å². The predicted molar refractivity (Wildman–Crippen MR) is 60.5 cm³/mol. The minimum absolute atomic E-state index is 0.469. The summed E-state index contributed by atoms with van der Waals surface area (Å²) >= 11 is 7.50. The lowest BCUT2D eigenvalue weighted by Crippen LogP contribution is -1.75. The molecule has 1 aromatic rings. The topological polar surface area (TPSA) is 0 Å². The molecule has 1 rings (SSSR count). The van der Waals surface area contributed by atoms with E-state index in [1.165, 1.54) is 4.90 Å². The van der Waals surface area contributed by atoms with Gasteiger partial charge < -0.3 is 0 Å². The smallest absolute Gasteiger partial charge is 0.0406 e. The lowest BCUT2D eigenvalue weighted by molar-refractivity contribution is 1.46. The van der Waals surface area contributed by atoms with E-state index < -0.39 is 0 Å². The first-order valence-electron chi connectivity index (χ1n) is 3.12. The van der Waals surface area contributed by atoms with Crippen molar-refractivity contribution in [3.63, 3.8) is 0 Å². The highest BCUT2D eigenvalue weighted by Gasteiger charge is 1.96. The fourth-order valence-electron chi connectivity index (χ4n) is 0.670. The van der Waals surface area contributed by atoms with Gasteiger partial charge in [-0.3, -0.25) is 0 Å². The minimum atomic E-state index is 0.469. The van der Waals surface area contributed by atoms with Crippen LogP contribution in [0.25, 0.3) is 0 Å². The summed E-state index contributed by atoms with van der Waals surface area (Å²) in [5.74, 6) is 0. The van der Waals surface area contributed by atoms with Crippen LogP contribution in [0.3, 0.4) is 0 Å². The molecule has 0 aliphatic heterocycles. The maximum absolute atomic E-state index is 5.73. The molecule has 2 unspecified atom stereocenters. The predicted octanol–water partition coefficient (Wildman–Crippen LogP) is 3.47. The Bertz CT molecular complexity index is 222. The van der Waals surface area contributed by atoms with E-state index >= 15 is 0 Å². The van der Waals surface area contributed by atoms with E-state index in [4.69, 9.17) is 11.6 Å². The van der Waals surface area contributed by atoms with Crippen molar-refractivity contribution in [1.82, 2.24) is 0 Å². The highest BCUT2D eigenvalue weighted by atomic mass is 35.5. The van der Waals surface area contributed by atoms with Gasteiger partial charge in [-0.05, 0) is 24.3 Å². The second-order valence-electron chi connectivity index (χ2n) is 2.04. The van der Waals surface area contributed by atoms with E-state index in [2.05, 4.69) is 18.5 Å². The molecule has 0 saturated carbocycles. The van der Waals surface area contributed by atoms with E-state index in [0.717, 1.165) is 5.02 Å². The van der Waals surface area contributed by atoms with Crippen LogP contribution in [0.5, 0.6) is 0 Å². The zero-order valence-corrected chi connectivity index (χ0v) is 9.71. The molecule has 2 atom stereocenters. The van der Waals surface area contributed by atoms with Crippen LogP contribution in [0.2, 0.25) is 5.02 Å². The maximum Gasteiger partial charge on any atom is 0.0406 e. The van der Waals surface area contributed by atoms with Gasteiger partial charge in [0.1, 0.15) is 0 Å². The molecule has 0 amide bonds. The Morgan fingerprint density at radius 3 is 2.18 bits per heavy atom. The Kier molecular flexibility index (Phi) is 4.17. The normalized spacial score (nSPS) is 10.5. The van der Waals surface area contributed by atoms with Crippen LogP contribution in [0.15, 0.2) is 29.2 Å². The molecular weight excluding hydrogens is 214 g/mol. The molecule has 0 nitrogen and oxygen atoms in total. The molecule has 0 N–H and O–H groups in total. The standard InChI is InChI=1S/C7H9ClP2S/c8-5-1-3-6(4-2-5)11-7(9)10/h1-4,7H,9-10H2. The molecule has 0 aliphatic carbocycles. The van der Waals surface area contributed by atoms with E-state index in [-0.39, 0.29) is 0 Å². The molecule has 0 radical (unpaired) electrons. The van der Waals surface area contributed by atoms with Crippen LogP contribution in [0.1, 0.15) is 0 Å². The van der Waals surface area contributed by atoms with Gasteiger partial charge in [-0.15, -0.1) is 30.2 Å². The van der Waals surface area contributed by atoms with Gasteiger partial charge in [-0.1, -0.05) is 11.6 Å². The van der Waals surface area contributed by atoms with Gasteiger partial charge in [0.25, 0.3) is 0 Å². The summed E-state index contributed by atoms with van der Waals surface area (Å²) in [6.07, 6.45) is 0. The molecule has 0 aromatic heterocycles. The van der Waals surface area contributed by atoms with E-state index in [1.54, 1.807) is 11.8 Å². The summed E-state index contributed by atoms with van der Waals surface area (Å²) in [5.41, 5.74) is 0. The fourth-order valence-corrected chi connectivity index (χ4v) is 2.35. The van der Waals surface area contributed by atoms with E-state index in [1.807, 2.05) is 24.3 Å². The minimum Gasteiger partial charge on any atom is -0.119 e. The second-order valence-corrected chi connectivity index (χ2v) is 6.90. The number of benzene rings is 1.